The molecule has 2 aliphatic heterocycles. The van der Waals surface area contributed by atoms with Crippen LogP contribution in [0.15, 0.2) is 17.4 Å². The lowest BCUT2D eigenvalue weighted by molar-refractivity contribution is 0.197. The van der Waals surface area contributed by atoms with Gasteiger partial charge in [-0.15, -0.1) is 11.8 Å². The molecular weight excluding hydrogens is 262 g/mol. The van der Waals surface area contributed by atoms with E-state index in [1.807, 2.05) is 4.90 Å². The van der Waals surface area contributed by atoms with Gasteiger partial charge in [0, 0.05) is 26.2 Å². The van der Waals surface area contributed by atoms with E-state index < -0.39 is 0 Å². The van der Waals surface area contributed by atoms with Gasteiger partial charge in [0.25, 0.3) is 0 Å². The Morgan fingerprint density at radius 1 is 1.47 bits per heavy atom. The number of fused-ring (bicyclic) bond motifs is 1. The van der Waals surface area contributed by atoms with Gasteiger partial charge in [0.2, 0.25) is 0 Å². The molecule has 1 atom stereocenters. The van der Waals surface area contributed by atoms with Gasteiger partial charge in [-0.3, -0.25) is 4.98 Å². The Hall–Kier alpha value is -1.50. The quantitative estimate of drug-likeness (QED) is 0.829. The summed E-state index contributed by atoms with van der Waals surface area (Å²) in [6.07, 6.45) is 3.61. The smallest absolute Gasteiger partial charge is 0.317 e. The van der Waals surface area contributed by atoms with Crippen LogP contribution in [0.2, 0.25) is 0 Å². The van der Waals surface area contributed by atoms with Crippen LogP contribution in [0.1, 0.15) is 6.92 Å². The molecule has 3 heterocycles. The van der Waals surface area contributed by atoms with E-state index in [-0.39, 0.29) is 12.1 Å². The summed E-state index contributed by atoms with van der Waals surface area (Å²) in [6, 6.07) is 0.316. The summed E-state index contributed by atoms with van der Waals surface area (Å²) in [4.78, 5) is 24.6. The van der Waals surface area contributed by atoms with Crippen molar-refractivity contribution in [1.29, 1.82) is 0 Å². The van der Waals surface area contributed by atoms with Crippen LogP contribution in [0.4, 0.5) is 10.6 Å². The number of urea groups is 1. The van der Waals surface area contributed by atoms with E-state index in [2.05, 4.69) is 27.1 Å². The number of carbonyl (C=O) groups is 1. The standard InChI is InChI=1S/C12H17N5OS/c1-2-19-11-7-13-6-10(15-11)16-3-4-17-9(8-16)5-14-12(17)18/h6-7,9H,2-5,8H2,1H3,(H,14,18). The summed E-state index contributed by atoms with van der Waals surface area (Å²) >= 11 is 1.70. The molecule has 0 radical (unpaired) electrons. The van der Waals surface area contributed by atoms with Gasteiger partial charge < -0.3 is 15.1 Å². The second-order valence-corrected chi connectivity index (χ2v) is 5.91. The number of carbonyl (C=O) groups excluding carboxylic acids is 1. The van der Waals surface area contributed by atoms with Crippen molar-refractivity contribution in [1.82, 2.24) is 20.2 Å². The first-order valence-electron chi connectivity index (χ1n) is 6.52. The van der Waals surface area contributed by atoms with E-state index in [1.165, 1.54) is 0 Å². The van der Waals surface area contributed by atoms with Crippen molar-refractivity contribution in [2.24, 2.45) is 0 Å². The number of aromatic nitrogens is 2. The third-order valence-corrected chi connectivity index (χ3v) is 4.23. The molecule has 1 unspecified atom stereocenters. The number of rotatable bonds is 3. The van der Waals surface area contributed by atoms with Crippen LogP contribution in [0, 0.1) is 0 Å². The molecule has 3 rings (SSSR count). The predicted octanol–water partition coefficient (Wildman–Crippen LogP) is 0.802. The zero-order valence-electron chi connectivity index (χ0n) is 10.9. The zero-order chi connectivity index (χ0) is 13.2. The maximum absolute atomic E-state index is 11.6. The lowest BCUT2D eigenvalue weighted by Gasteiger charge is -2.36. The number of amides is 2. The first kappa shape index (κ1) is 12.5. The fourth-order valence-electron chi connectivity index (χ4n) is 2.52. The summed E-state index contributed by atoms with van der Waals surface area (Å²) in [7, 11) is 0. The van der Waals surface area contributed by atoms with Gasteiger partial charge in [0.15, 0.2) is 0 Å². The first-order valence-corrected chi connectivity index (χ1v) is 7.50. The van der Waals surface area contributed by atoms with E-state index in [4.69, 9.17) is 0 Å². The highest BCUT2D eigenvalue weighted by atomic mass is 32.2. The number of piperazine rings is 1. The van der Waals surface area contributed by atoms with Crippen molar-refractivity contribution in [3.8, 4) is 0 Å². The van der Waals surface area contributed by atoms with Crippen LogP contribution in [-0.4, -0.2) is 58.9 Å². The Balaban J connectivity index is 1.73. The number of hydrogen-bond acceptors (Lipinski definition) is 5. The molecule has 0 saturated carbocycles. The summed E-state index contributed by atoms with van der Waals surface area (Å²) in [5.41, 5.74) is 0. The van der Waals surface area contributed by atoms with Crippen LogP contribution in [0.25, 0.3) is 0 Å². The molecule has 2 fully saturated rings. The summed E-state index contributed by atoms with van der Waals surface area (Å²) in [5.74, 6) is 1.91. The van der Waals surface area contributed by atoms with Crippen LogP contribution in [-0.2, 0) is 0 Å². The first-order chi connectivity index (χ1) is 9.28. The van der Waals surface area contributed by atoms with Gasteiger partial charge in [-0.1, -0.05) is 6.92 Å². The third kappa shape index (κ3) is 2.47. The molecule has 1 aromatic rings. The number of nitrogens with zero attached hydrogens (tertiary/aromatic N) is 4. The monoisotopic (exact) mass is 279 g/mol. The molecule has 0 spiro atoms. The highest BCUT2D eigenvalue weighted by molar-refractivity contribution is 7.99. The third-order valence-electron chi connectivity index (χ3n) is 3.45. The fraction of sp³-hybridized carbons (Fsp3) is 0.583. The van der Waals surface area contributed by atoms with Crippen LogP contribution < -0.4 is 10.2 Å². The Morgan fingerprint density at radius 2 is 2.37 bits per heavy atom. The molecule has 19 heavy (non-hydrogen) atoms. The molecule has 2 saturated heterocycles. The fourth-order valence-corrected chi connectivity index (χ4v) is 3.11. The maximum atomic E-state index is 11.6. The van der Waals surface area contributed by atoms with E-state index >= 15 is 0 Å². The van der Waals surface area contributed by atoms with Gasteiger partial charge in [-0.25, -0.2) is 9.78 Å². The molecular formula is C12H17N5OS. The van der Waals surface area contributed by atoms with Crippen LogP contribution >= 0.6 is 11.8 Å². The molecule has 1 aromatic heterocycles. The minimum Gasteiger partial charge on any atom is -0.351 e. The predicted molar refractivity (Wildman–Crippen MR) is 74.5 cm³/mol. The molecule has 0 bridgehead atoms. The minimum absolute atomic E-state index is 0.0611. The molecule has 7 heteroatoms. The number of thioether (sulfide) groups is 1. The molecule has 6 nitrogen and oxygen atoms in total. The van der Waals surface area contributed by atoms with E-state index in [1.54, 1.807) is 24.2 Å². The van der Waals surface area contributed by atoms with Gasteiger partial charge in [-0.05, 0) is 5.75 Å². The van der Waals surface area contributed by atoms with Crippen molar-refractivity contribution in [2.75, 3.05) is 36.8 Å². The normalized spacial score (nSPS) is 22.4. The zero-order valence-corrected chi connectivity index (χ0v) is 11.7. The molecule has 0 aliphatic carbocycles. The lowest BCUT2D eigenvalue weighted by atomic mass is 10.2. The highest BCUT2D eigenvalue weighted by Crippen LogP contribution is 2.21. The van der Waals surface area contributed by atoms with Crippen LogP contribution in [0.3, 0.4) is 0 Å². The lowest BCUT2D eigenvalue weighted by Crippen LogP contribution is -2.52. The SMILES string of the molecule is CCSc1cncc(N2CCN3C(=O)NCC3C2)n1. The number of hydrogen-bond donors (Lipinski definition) is 1. The molecule has 1 N–H and O–H groups in total. The Bertz CT molecular complexity index is 483. The van der Waals surface area contributed by atoms with Crippen LogP contribution in [0.5, 0.6) is 0 Å². The maximum Gasteiger partial charge on any atom is 0.317 e. The number of nitrogens with one attached hydrogen (secondary N) is 1. The average molecular weight is 279 g/mol. The van der Waals surface area contributed by atoms with Gasteiger partial charge in [0.1, 0.15) is 10.8 Å². The summed E-state index contributed by atoms with van der Waals surface area (Å²) in [5, 5.41) is 3.85. The van der Waals surface area contributed by atoms with E-state index in [9.17, 15) is 4.79 Å². The summed E-state index contributed by atoms with van der Waals surface area (Å²) < 4.78 is 0. The minimum atomic E-state index is 0.0611. The average Bonchev–Trinajstić information content (AvgIpc) is 2.81. The Morgan fingerprint density at radius 3 is 3.21 bits per heavy atom. The largest absolute Gasteiger partial charge is 0.351 e. The molecule has 0 aromatic carbocycles. The van der Waals surface area contributed by atoms with Gasteiger partial charge in [0.05, 0.1) is 18.4 Å². The molecule has 2 amide bonds. The molecule has 2 aliphatic rings. The summed E-state index contributed by atoms with van der Waals surface area (Å²) in [6.45, 7) is 5.23. The highest BCUT2D eigenvalue weighted by Gasteiger charge is 2.35. The van der Waals surface area contributed by atoms with Gasteiger partial charge >= 0.3 is 6.03 Å². The van der Waals surface area contributed by atoms with Crippen molar-refractivity contribution < 1.29 is 4.79 Å². The Labute approximate surface area is 116 Å². The number of anilines is 1. The molecule has 102 valence electrons. The van der Waals surface area contributed by atoms with E-state index in [0.29, 0.717) is 0 Å². The van der Waals surface area contributed by atoms with Crippen molar-refractivity contribution in [2.45, 2.75) is 18.0 Å². The van der Waals surface area contributed by atoms with Gasteiger partial charge in [-0.2, -0.15) is 0 Å². The van der Waals surface area contributed by atoms with E-state index in [0.717, 1.165) is 42.8 Å². The van der Waals surface area contributed by atoms with Crippen molar-refractivity contribution in [3.05, 3.63) is 12.4 Å². The topological polar surface area (TPSA) is 61.4 Å². The second-order valence-electron chi connectivity index (χ2n) is 4.63. The Kier molecular flexibility index (Phi) is 3.46. The van der Waals surface area contributed by atoms with Crippen molar-refractivity contribution >= 4 is 23.6 Å². The second kappa shape index (κ2) is 5.24. The van der Waals surface area contributed by atoms with Crippen molar-refractivity contribution in [3.63, 3.8) is 0 Å².